The Morgan fingerprint density at radius 1 is 0.833 bits per heavy atom. The monoisotopic (exact) mass is 402 g/mol. The summed E-state index contributed by atoms with van der Waals surface area (Å²) in [5.74, 6) is 0. The summed E-state index contributed by atoms with van der Waals surface area (Å²) in [4.78, 5) is 2.43. The quantitative estimate of drug-likeness (QED) is 0.708. The maximum atomic E-state index is 6.52. The molecule has 2 aromatic carbocycles. The maximum absolute atomic E-state index is 6.52. The Morgan fingerprint density at radius 2 is 1.67 bits per heavy atom. The van der Waals surface area contributed by atoms with Crippen LogP contribution in [0.2, 0.25) is 20.1 Å². The highest BCUT2D eigenvalue weighted by molar-refractivity contribution is 6.42. The summed E-state index contributed by atoms with van der Waals surface area (Å²) in [6.07, 6.45) is 1.09. The third-order valence-electron chi connectivity index (χ3n) is 4.26. The molecule has 1 aliphatic rings. The standard InChI is InChI=1S/C18H18Cl4N2/c19-13-3-4-14(16(21)11-13)18(24-8-1-6-23-7-9-24)12-2-5-15(20)17(22)10-12/h2-5,10-11,18,23H,1,6-9H2. The molecule has 0 amide bonds. The molecule has 1 N–H and O–H groups in total. The van der Waals surface area contributed by atoms with Crippen molar-refractivity contribution >= 4 is 46.4 Å². The van der Waals surface area contributed by atoms with Crippen molar-refractivity contribution in [3.05, 3.63) is 67.6 Å². The molecule has 0 radical (unpaired) electrons. The van der Waals surface area contributed by atoms with E-state index in [0.29, 0.717) is 20.1 Å². The molecule has 3 rings (SSSR count). The lowest BCUT2D eigenvalue weighted by Crippen LogP contribution is -2.33. The molecule has 0 aromatic heterocycles. The zero-order valence-electron chi connectivity index (χ0n) is 13.0. The number of rotatable bonds is 3. The fraction of sp³-hybridized carbons (Fsp3) is 0.333. The fourth-order valence-corrected chi connectivity index (χ4v) is 3.94. The molecule has 1 unspecified atom stereocenters. The summed E-state index contributed by atoms with van der Waals surface area (Å²) in [5.41, 5.74) is 2.11. The molecule has 0 aliphatic carbocycles. The maximum Gasteiger partial charge on any atom is 0.0617 e. The van der Waals surface area contributed by atoms with Crippen molar-refractivity contribution in [2.45, 2.75) is 12.5 Å². The van der Waals surface area contributed by atoms with Crippen molar-refractivity contribution < 1.29 is 0 Å². The van der Waals surface area contributed by atoms with E-state index in [1.165, 1.54) is 0 Å². The van der Waals surface area contributed by atoms with E-state index in [1.54, 1.807) is 6.07 Å². The summed E-state index contributed by atoms with van der Waals surface area (Å²) in [7, 11) is 0. The van der Waals surface area contributed by atoms with Crippen LogP contribution in [0.15, 0.2) is 36.4 Å². The molecule has 6 heteroatoms. The number of hydrogen-bond donors (Lipinski definition) is 1. The molecule has 1 heterocycles. The van der Waals surface area contributed by atoms with E-state index in [4.69, 9.17) is 46.4 Å². The first kappa shape index (κ1) is 18.3. The lowest BCUT2D eigenvalue weighted by Gasteiger charge is -2.32. The third kappa shape index (κ3) is 4.19. The van der Waals surface area contributed by atoms with Crippen LogP contribution in [0.5, 0.6) is 0 Å². The average Bonchev–Trinajstić information content (AvgIpc) is 2.82. The Bertz CT molecular complexity index is 712. The van der Waals surface area contributed by atoms with E-state index in [0.717, 1.165) is 43.7 Å². The summed E-state index contributed by atoms with van der Waals surface area (Å²) < 4.78 is 0. The number of halogens is 4. The van der Waals surface area contributed by atoms with Crippen LogP contribution in [0.3, 0.4) is 0 Å². The number of nitrogens with zero attached hydrogens (tertiary/aromatic N) is 1. The van der Waals surface area contributed by atoms with Gasteiger partial charge in [-0.2, -0.15) is 0 Å². The molecule has 1 saturated heterocycles. The second kappa shape index (κ2) is 8.27. The van der Waals surface area contributed by atoms with Gasteiger partial charge in [0.05, 0.1) is 16.1 Å². The molecule has 1 atom stereocenters. The van der Waals surface area contributed by atoms with Crippen LogP contribution in [-0.2, 0) is 0 Å². The van der Waals surface area contributed by atoms with Gasteiger partial charge in [0.25, 0.3) is 0 Å². The lowest BCUT2D eigenvalue weighted by molar-refractivity contribution is 0.241. The van der Waals surface area contributed by atoms with Gasteiger partial charge in [0, 0.05) is 29.7 Å². The normalized spacial score (nSPS) is 17.5. The molecular weight excluding hydrogens is 386 g/mol. The highest BCUT2D eigenvalue weighted by Crippen LogP contribution is 2.37. The Morgan fingerprint density at radius 3 is 2.42 bits per heavy atom. The van der Waals surface area contributed by atoms with Crippen LogP contribution in [0, 0.1) is 0 Å². The van der Waals surface area contributed by atoms with E-state index in [9.17, 15) is 0 Å². The Hall–Kier alpha value is -0.480. The van der Waals surface area contributed by atoms with Crippen molar-refractivity contribution in [3.8, 4) is 0 Å². The Balaban J connectivity index is 2.06. The van der Waals surface area contributed by atoms with Crippen LogP contribution in [0.4, 0.5) is 0 Å². The number of hydrogen-bond acceptors (Lipinski definition) is 2. The van der Waals surface area contributed by atoms with E-state index >= 15 is 0 Å². The topological polar surface area (TPSA) is 15.3 Å². The van der Waals surface area contributed by atoms with Gasteiger partial charge >= 0.3 is 0 Å². The van der Waals surface area contributed by atoms with E-state index in [-0.39, 0.29) is 6.04 Å². The van der Waals surface area contributed by atoms with Crippen molar-refractivity contribution in [2.24, 2.45) is 0 Å². The molecule has 0 spiro atoms. The molecule has 1 fully saturated rings. The van der Waals surface area contributed by atoms with Gasteiger partial charge in [0.2, 0.25) is 0 Å². The predicted molar refractivity (Wildman–Crippen MR) is 104 cm³/mol. The zero-order valence-corrected chi connectivity index (χ0v) is 16.1. The molecule has 24 heavy (non-hydrogen) atoms. The SMILES string of the molecule is Clc1ccc(C(c2ccc(Cl)c(Cl)c2)N2CCCNCC2)c(Cl)c1. The predicted octanol–water partition coefficient (Wildman–Crippen LogP) is 5.68. The van der Waals surface area contributed by atoms with Gasteiger partial charge in [-0.1, -0.05) is 58.5 Å². The first-order chi connectivity index (χ1) is 11.6. The highest BCUT2D eigenvalue weighted by atomic mass is 35.5. The number of benzene rings is 2. The minimum absolute atomic E-state index is 0.0180. The highest BCUT2D eigenvalue weighted by Gasteiger charge is 2.25. The zero-order chi connectivity index (χ0) is 17.1. The first-order valence-electron chi connectivity index (χ1n) is 7.91. The van der Waals surface area contributed by atoms with E-state index in [1.807, 2.05) is 30.3 Å². The molecule has 0 bridgehead atoms. The third-order valence-corrected chi connectivity index (χ3v) is 5.56. The van der Waals surface area contributed by atoms with Gasteiger partial charge in [-0.3, -0.25) is 4.90 Å². The first-order valence-corrected chi connectivity index (χ1v) is 9.42. The van der Waals surface area contributed by atoms with Gasteiger partial charge in [-0.05, 0) is 48.4 Å². The van der Waals surface area contributed by atoms with Crippen molar-refractivity contribution in [1.82, 2.24) is 10.2 Å². The van der Waals surface area contributed by atoms with Gasteiger partial charge in [-0.15, -0.1) is 0 Å². The molecular formula is C18H18Cl4N2. The van der Waals surface area contributed by atoms with E-state index in [2.05, 4.69) is 10.2 Å². The summed E-state index contributed by atoms with van der Waals surface area (Å²) in [6.45, 7) is 3.89. The smallest absolute Gasteiger partial charge is 0.0617 e. The van der Waals surface area contributed by atoms with Crippen molar-refractivity contribution in [3.63, 3.8) is 0 Å². The van der Waals surface area contributed by atoms with Gasteiger partial charge < -0.3 is 5.32 Å². The van der Waals surface area contributed by atoms with Crippen LogP contribution >= 0.6 is 46.4 Å². The summed E-state index contributed by atoms with van der Waals surface area (Å²) in [6, 6.07) is 11.5. The lowest BCUT2D eigenvalue weighted by atomic mass is 9.96. The van der Waals surface area contributed by atoms with Gasteiger partial charge in [0.15, 0.2) is 0 Å². The number of nitrogens with one attached hydrogen (secondary N) is 1. The molecule has 2 aromatic rings. The second-order valence-electron chi connectivity index (χ2n) is 5.88. The second-order valence-corrected chi connectivity index (χ2v) is 7.54. The van der Waals surface area contributed by atoms with Crippen molar-refractivity contribution in [1.29, 1.82) is 0 Å². The average molecular weight is 404 g/mol. The largest absolute Gasteiger partial charge is 0.315 e. The molecule has 128 valence electrons. The van der Waals surface area contributed by atoms with Crippen LogP contribution < -0.4 is 5.32 Å². The minimum atomic E-state index is 0.0180. The Labute approximate surface area is 162 Å². The molecule has 2 nitrogen and oxygen atoms in total. The summed E-state index contributed by atoms with van der Waals surface area (Å²) >= 11 is 25.0. The van der Waals surface area contributed by atoms with Crippen molar-refractivity contribution in [2.75, 3.05) is 26.2 Å². The van der Waals surface area contributed by atoms with Crippen LogP contribution in [0.1, 0.15) is 23.6 Å². The fourth-order valence-electron chi connectivity index (χ4n) is 3.12. The molecule has 0 saturated carbocycles. The van der Waals surface area contributed by atoms with Crippen LogP contribution in [-0.4, -0.2) is 31.1 Å². The minimum Gasteiger partial charge on any atom is -0.315 e. The van der Waals surface area contributed by atoms with Crippen LogP contribution in [0.25, 0.3) is 0 Å². The van der Waals surface area contributed by atoms with Gasteiger partial charge in [0.1, 0.15) is 0 Å². The van der Waals surface area contributed by atoms with E-state index < -0.39 is 0 Å². The summed E-state index contributed by atoms with van der Waals surface area (Å²) in [5, 5.41) is 5.84. The molecule has 1 aliphatic heterocycles. The van der Waals surface area contributed by atoms with Gasteiger partial charge in [-0.25, -0.2) is 0 Å². The Kier molecular flexibility index (Phi) is 6.31.